The first-order valence-corrected chi connectivity index (χ1v) is 4.67. The van der Waals surface area contributed by atoms with Crippen LogP contribution in [0.2, 0.25) is 0 Å². The van der Waals surface area contributed by atoms with Crippen molar-refractivity contribution in [2.45, 2.75) is 0 Å². The molecule has 5 heteroatoms. The fraction of sp³-hybridized carbons (Fsp3) is 0.0909. The molecule has 0 bridgehead atoms. The number of hydrogen-bond acceptors (Lipinski definition) is 3. The van der Waals surface area contributed by atoms with Crippen LogP contribution >= 0.6 is 0 Å². The summed E-state index contributed by atoms with van der Waals surface area (Å²) in [4.78, 5) is 0. The molecule has 3 nitrogen and oxygen atoms in total. The number of benzene rings is 1. The van der Waals surface area contributed by atoms with Crippen LogP contribution in [-0.2, 0) is 0 Å². The Labute approximate surface area is 91.1 Å². The van der Waals surface area contributed by atoms with Gasteiger partial charge in [0, 0.05) is 18.7 Å². The van der Waals surface area contributed by atoms with E-state index in [1.807, 2.05) is 0 Å². The Balaban J connectivity index is 2.42. The van der Waals surface area contributed by atoms with Gasteiger partial charge in [-0.15, -0.1) is 10.2 Å². The van der Waals surface area contributed by atoms with Gasteiger partial charge in [0.1, 0.15) is 17.5 Å². The Hall–Kier alpha value is -2.04. The summed E-state index contributed by atoms with van der Waals surface area (Å²) >= 11 is 0. The lowest BCUT2D eigenvalue weighted by Crippen LogP contribution is -1.95. The van der Waals surface area contributed by atoms with Crippen LogP contribution in [0.1, 0.15) is 0 Å². The Kier molecular flexibility index (Phi) is 2.76. The summed E-state index contributed by atoms with van der Waals surface area (Å²) < 4.78 is 25.9. The summed E-state index contributed by atoms with van der Waals surface area (Å²) in [5.74, 6) is -0.662. The molecular weight excluding hydrogens is 212 g/mol. The van der Waals surface area contributed by atoms with Gasteiger partial charge in [0.15, 0.2) is 0 Å². The van der Waals surface area contributed by atoms with Crippen molar-refractivity contribution in [2.75, 3.05) is 12.4 Å². The highest BCUT2D eigenvalue weighted by Crippen LogP contribution is 2.19. The van der Waals surface area contributed by atoms with Gasteiger partial charge in [0.05, 0.1) is 5.69 Å². The molecule has 0 radical (unpaired) electrons. The molecule has 1 heterocycles. The molecule has 0 atom stereocenters. The highest BCUT2D eigenvalue weighted by atomic mass is 19.1. The Morgan fingerprint density at radius 1 is 1.00 bits per heavy atom. The molecule has 0 aliphatic rings. The Bertz CT molecular complexity index is 477. The van der Waals surface area contributed by atoms with Crippen molar-refractivity contribution in [1.29, 1.82) is 0 Å². The highest BCUT2D eigenvalue weighted by Gasteiger charge is 2.04. The number of aromatic nitrogens is 2. The summed E-state index contributed by atoms with van der Waals surface area (Å²) in [6.07, 6.45) is 0. The third kappa shape index (κ3) is 2.13. The first-order chi connectivity index (χ1) is 7.69. The van der Waals surface area contributed by atoms with E-state index in [-0.39, 0.29) is 0 Å². The summed E-state index contributed by atoms with van der Waals surface area (Å²) in [6.45, 7) is 0. The lowest BCUT2D eigenvalue weighted by Gasteiger charge is -2.02. The molecular formula is C11H9F2N3. The van der Waals surface area contributed by atoms with Crippen LogP contribution in [0.15, 0.2) is 30.3 Å². The van der Waals surface area contributed by atoms with Crippen LogP contribution in [0.25, 0.3) is 11.3 Å². The largest absolute Gasteiger partial charge is 0.372 e. The molecule has 0 aliphatic heterocycles. The zero-order valence-corrected chi connectivity index (χ0v) is 8.54. The molecule has 2 aromatic rings. The van der Waals surface area contributed by atoms with E-state index in [1.165, 1.54) is 12.1 Å². The predicted octanol–water partition coefficient (Wildman–Crippen LogP) is 2.46. The summed E-state index contributed by atoms with van der Waals surface area (Å²) in [5.41, 5.74) is 0.796. The molecule has 16 heavy (non-hydrogen) atoms. The maximum absolute atomic E-state index is 13.0. The van der Waals surface area contributed by atoms with Gasteiger partial charge < -0.3 is 5.32 Å². The van der Waals surface area contributed by atoms with E-state index in [1.54, 1.807) is 19.2 Å². The zero-order valence-electron chi connectivity index (χ0n) is 8.54. The standard InChI is InChI=1S/C11H9F2N3/c1-14-11-3-2-10(15-16-11)7-4-8(12)6-9(13)5-7/h2-6H,1H3,(H,14,16). The number of halogens is 2. The van der Waals surface area contributed by atoms with Crippen molar-refractivity contribution in [1.82, 2.24) is 10.2 Å². The van der Waals surface area contributed by atoms with Crippen LogP contribution in [0.5, 0.6) is 0 Å². The average molecular weight is 221 g/mol. The van der Waals surface area contributed by atoms with Crippen molar-refractivity contribution in [2.24, 2.45) is 0 Å². The van der Waals surface area contributed by atoms with E-state index in [4.69, 9.17) is 0 Å². The second-order valence-corrected chi connectivity index (χ2v) is 3.21. The van der Waals surface area contributed by atoms with Gasteiger partial charge in [-0.05, 0) is 24.3 Å². The first kappa shape index (κ1) is 10.5. The highest BCUT2D eigenvalue weighted by molar-refractivity contribution is 5.59. The molecule has 0 saturated carbocycles. The maximum Gasteiger partial charge on any atom is 0.148 e. The van der Waals surface area contributed by atoms with Crippen molar-refractivity contribution in [3.05, 3.63) is 42.0 Å². The molecule has 0 unspecified atom stereocenters. The van der Waals surface area contributed by atoms with Gasteiger partial charge in [0.25, 0.3) is 0 Å². The Morgan fingerprint density at radius 3 is 2.19 bits per heavy atom. The number of nitrogens with zero attached hydrogens (tertiary/aromatic N) is 2. The van der Waals surface area contributed by atoms with E-state index in [0.717, 1.165) is 6.07 Å². The van der Waals surface area contributed by atoms with Crippen LogP contribution in [0, 0.1) is 11.6 Å². The summed E-state index contributed by atoms with van der Waals surface area (Å²) in [6, 6.07) is 6.58. The van der Waals surface area contributed by atoms with Gasteiger partial charge in [-0.25, -0.2) is 8.78 Å². The van der Waals surface area contributed by atoms with Gasteiger partial charge in [-0.1, -0.05) is 0 Å². The minimum absolute atomic E-state index is 0.368. The monoisotopic (exact) mass is 221 g/mol. The normalized spacial score (nSPS) is 10.2. The van der Waals surface area contributed by atoms with Crippen molar-refractivity contribution < 1.29 is 8.78 Å². The minimum Gasteiger partial charge on any atom is -0.372 e. The maximum atomic E-state index is 13.0. The number of hydrogen-bond donors (Lipinski definition) is 1. The molecule has 0 amide bonds. The Morgan fingerprint density at radius 2 is 1.69 bits per heavy atom. The average Bonchev–Trinajstić information content (AvgIpc) is 2.28. The SMILES string of the molecule is CNc1ccc(-c2cc(F)cc(F)c2)nn1. The molecule has 0 spiro atoms. The molecule has 0 aliphatic carbocycles. The van der Waals surface area contributed by atoms with Gasteiger partial charge in [-0.2, -0.15) is 0 Å². The van der Waals surface area contributed by atoms with Crippen molar-refractivity contribution in [3.8, 4) is 11.3 Å². The van der Waals surface area contributed by atoms with E-state index in [9.17, 15) is 8.78 Å². The van der Waals surface area contributed by atoms with Crippen LogP contribution in [0.4, 0.5) is 14.6 Å². The number of rotatable bonds is 2. The molecule has 0 fully saturated rings. The molecule has 0 saturated heterocycles. The van der Waals surface area contributed by atoms with Crippen LogP contribution < -0.4 is 5.32 Å². The van der Waals surface area contributed by atoms with E-state index >= 15 is 0 Å². The fourth-order valence-corrected chi connectivity index (χ4v) is 1.32. The molecule has 1 aromatic carbocycles. The third-order valence-corrected chi connectivity index (χ3v) is 2.08. The zero-order chi connectivity index (χ0) is 11.5. The predicted molar refractivity (Wildman–Crippen MR) is 56.9 cm³/mol. The lowest BCUT2D eigenvalue weighted by molar-refractivity contribution is 0.584. The van der Waals surface area contributed by atoms with Gasteiger partial charge in [0.2, 0.25) is 0 Å². The van der Waals surface area contributed by atoms with Crippen molar-refractivity contribution in [3.63, 3.8) is 0 Å². The molecule has 82 valence electrons. The quantitative estimate of drug-likeness (QED) is 0.846. The molecule has 2 rings (SSSR count). The van der Waals surface area contributed by atoms with E-state index in [2.05, 4.69) is 15.5 Å². The summed E-state index contributed by atoms with van der Waals surface area (Å²) in [5, 5.41) is 10.5. The summed E-state index contributed by atoms with van der Waals surface area (Å²) in [7, 11) is 1.71. The minimum atomic E-state index is -0.630. The topological polar surface area (TPSA) is 37.8 Å². The van der Waals surface area contributed by atoms with Gasteiger partial charge >= 0.3 is 0 Å². The second kappa shape index (κ2) is 4.22. The number of anilines is 1. The second-order valence-electron chi connectivity index (χ2n) is 3.21. The van der Waals surface area contributed by atoms with E-state index < -0.39 is 11.6 Å². The first-order valence-electron chi connectivity index (χ1n) is 4.67. The van der Waals surface area contributed by atoms with E-state index in [0.29, 0.717) is 17.1 Å². The number of nitrogens with one attached hydrogen (secondary N) is 1. The molecule has 1 N–H and O–H groups in total. The van der Waals surface area contributed by atoms with Gasteiger partial charge in [-0.3, -0.25) is 0 Å². The third-order valence-electron chi connectivity index (χ3n) is 2.08. The smallest absolute Gasteiger partial charge is 0.148 e. The fourth-order valence-electron chi connectivity index (χ4n) is 1.32. The van der Waals surface area contributed by atoms with Crippen LogP contribution in [-0.4, -0.2) is 17.2 Å². The van der Waals surface area contributed by atoms with Crippen LogP contribution in [0.3, 0.4) is 0 Å². The lowest BCUT2D eigenvalue weighted by atomic mass is 10.1. The van der Waals surface area contributed by atoms with Crippen molar-refractivity contribution >= 4 is 5.82 Å². The molecule has 1 aromatic heterocycles.